The van der Waals surface area contributed by atoms with Crippen LogP contribution in [0.3, 0.4) is 0 Å². The number of para-hydroxylation sites is 1. The number of carbonyl (C=O) groups is 2. The van der Waals surface area contributed by atoms with Gasteiger partial charge in [-0.05, 0) is 35.9 Å². The Kier molecular flexibility index (Phi) is 6.63. The molecule has 0 saturated carbocycles. The van der Waals surface area contributed by atoms with E-state index in [1.54, 1.807) is 18.2 Å². The van der Waals surface area contributed by atoms with E-state index >= 15 is 0 Å². The van der Waals surface area contributed by atoms with E-state index in [1.807, 2.05) is 72.8 Å². The Morgan fingerprint density at radius 3 is 2.25 bits per heavy atom. The first-order valence-electron chi connectivity index (χ1n) is 9.99. The quantitative estimate of drug-likeness (QED) is 0.420. The smallest absolute Gasteiger partial charge is 0.357 e. The van der Waals surface area contributed by atoms with Crippen molar-refractivity contribution in [2.75, 3.05) is 6.61 Å². The Morgan fingerprint density at radius 2 is 1.56 bits per heavy atom. The van der Waals surface area contributed by atoms with E-state index in [0.717, 1.165) is 11.1 Å². The second-order valence-corrected chi connectivity index (χ2v) is 7.44. The first-order valence-corrected chi connectivity index (χ1v) is 10.4. The highest BCUT2D eigenvalue weighted by Crippen LogP contribution is 2.22. The molecular formula is C25H20ClN3O3. The van der Waals surface area contributed by atoms with Gasteiger partial charge in [0.1, 0.15) is 0 Å². The Morgan fingerprint density at radius 1 is 0.906 bits per heavy atom. The van der Waals surface area contributed by atoms with Crippen molar-refractivity contribution in [2.24, 2.45) is 0 Å². The second-order valence-electron chi connectivity index (χ2n) is 7.01. The van der Waals surface area contributed by atoms with Crippen LogP contribution < -0.4 is 5.32 Å². The molecule has 0 unspecified atom stereocenters. The van der Waals surface area contributed by atoms with Gasteiger partial charge in [0.05, 0.1) is 11.4 Å². The van der Waals surface area contributed by atoms with Crippen LogP contribution in [0.25, 0.3) is 16.9 Å². The predicted molar refractivity (Wildman–Crippen MR) is 123 cm³/mol. The molecule has 32 heavy (non-hydrogen) atoms. The molecule has 0 bridgehead atoms. The highest BCUT2D eigenvalue weighted by atomic mass is 35.5. The van der Waals surface area contributed by atoms with Gasteiger partial charge in [0.2, 0.25) is 0 Å². The van der Waals surface area contributed by atoms with Gasteiger partial charge in [0.25, 0.3) is 5.91 Å². The molecule has 0 fully saturated rings. The average Bonchev–Trinajstić information content (AvgIpc) is 3.29. The van der Waals surface area contributed by atoms with Crippen LogP contribution in [-0.4, -0.2) is 28.3 Å². The summed E-state index contributed by atoms with van der Waals surface area (Å²) < 4.78 is 6.80. The molecule has 1 amide bonds. The van der Waals surface area contributed by atoms with Gasteiger partial charge in [-0.3, -0.25) is 4.79 Å². The molecule has 4 aromatic rings. The number of hydrogen-bond donors (Lipinski definition) is 1. The lowest BCUT2D eigenvalue weighted by Gasteiger charge is -2.08. The third kappa shape index (κ3) is 5.22. The summed E-state index contributed by atoms with van der Waals surface area (Å²) in [5, 5.41) is 7.93. The van der Waals surface area contributed by atoms with E-state index in [4.69, 9.17) is 16.3 Å². The first kappa shape index (κ1) is 21.3. The van der Waals surface area contributed by atoms with Crippen molar-refractivity contribution in [3.05, 3.63) is 107 Å². The van der Waals surface area contributed by atoms with Crippen LogP contribution in [0.5, 0.6) is 0 Å². The summed E-state index contributed by atoms with van der Waals surface area (Å²) in [7, 11) is 0. The molecule has 4 rings (SSSR count). The van der Waals surface area contributed by atoms with Gasteiger partial charge in [-0.15, -0.1) is 0 Å². The lowest BCUT2D eigenvalue weighted by atomic mass is 10.1. The van der Waals surface area contributed by atoms with Crippen molar-refractivity contribution in [3.8, 4) is 16.9 Å². The Balaban J connectivity index is 1.46. The molecule has 0 saturated heterocycles. The first-order chi connectivity index (χ1) is 15.6. The van der Waals surface area contributed by atoms with Crippen molar-refractivity contribution >= 4 is 23.5 Å². The van der Waals surface area contributed by atoms with Crippen LogP contribution in [0.4, 0.5) is 0 Å². The zero-order valence-corrected chi connectivity index (χ0v) is 17.8. The minimum absolute atomic E-state index is 0.237. The fraction of sp³-hybridized carbons (Fsp3) is 0.0800. The number of halogens is 1. The Labute approximate surface area is 190 Å². The second kappa shape index (κ2) is 9.94. The molecule has 1 heterocycles. The Hall–Kier alpha value is -3.90. The summed E-state index contributed by atoms with van der Waals surface area (Å²) in [6, 6.07) is 27.6. The van der Waals surface area contributed by atoms with E-state index in [-0.39, 0.29) is 5.69 Å². The molecule has 0 aliphatic heterocycles. The van der Waals surface area contributed by atoms with E-state index < -0.39 is 18.5 Å². The summed E-state index contributed by atoms with van der Waals surface area (Å²) in [5.74, 6) is -1.03. The monoisotopic (exact) mass is 445 g/mol. The number of esters is 1. The topological polar surface area (TPSA) is 73.2 Å². The van der Waals surface area contributed by atoms with Crippen molar-refractivity contribution in [1.29, 1.82) is 0 Å². The minimum atomic E-state index is -0.634. The number of aromatic nitrogens is 2. The summed E-state index contributed by atoms with van der Waals surface area (Å²) in [6.07, 6.45) is 0. The van der Waals surface area contributed by atoms with Gasteiger partial charge in [-0.2, -0.15) is 5.10 Å². The number of benzene rings is 3. The van der Waals surface area contributed by atoms with Crippen LogP contribution in [0.1, 0.15) is 16.1 Å². The van der Waals surface area contributed by atoms with Crippen molar-refractivity contribution < 1.29 is 14.3 Å². The number of ether oxygens (including phenoxy) is 1. The maximum absolute atomic E-state index is 12.8. The van der Waals surface area contributed by atoms with E-state index in [2.05, 4.69) is 10.4 Å². The van der Waals surface area contributed by atoms with Crippen LogP contribution in [-0.2, 0) is 16.1 Å². The molecule has 160 valence electrons. The lowest BCUT2D eigenvalue weighted by molar-refractivity contribution is -0.124. The third-order valence-corrected chi connectivity index (χ3v) is 4.98. The molecule has 0 radical (unpaired) electrons. The fourth-order valence-corrected chi connectivity index (χ4v) is 3.23. The Bertz CT molecular complexity index is 1210. The number of hydrogen-bond acceptors (Lipinski definition) is 4. The number of rotatable bonds is 7. The maximum atomic E-state index is 12.8. The summed E-state index contributed by atoms with van der Waals surface area (Å²) in [4.78, 5) is 25.0. The van der Waals surface area contributed by atoms with Gasteiger partial charge < -0.3 is 10.1 Å². The minimum Gasteiger partial charge on any atom is -0.451 e. The molecule has 1 N–H and O–H groups in total. The predicted octanol–water partition coefficient (Wildman–Crippen LogP) is 4.67. The molecule has 3 aromatic carbocycles. The van der Waals surface area contributed by atoms with Crippen LogP contribution >= 0.6 is 11.6 Å². The average molecular weight is 446 g/mol. The van der Waals surface area contributed by atoms with Gasteiger partial charge in [-0.1, -0.05) is 72.3 Å². The number of amides is 1. The highest BCUT2D eigenvalue weighted by molar-refractivity contribution is 6.30. The van der Waals surface area contributed by atoms with Gasteiger partial charge >= 0.3 is 5.97 Å². The summed E-state index contributed by atoms with van der Waals surface area (Å²) in [6.45, 7) is -0.0826. The number of nitrogens with one attached hydrogen (secondary N) is 1. The number of nitrogens with zero attached hydrogens (tertiary/aromatic N) is 2. The van der Waals surface area contributed by atoms with E-state index in [9.17, 15) is 9.59 Å². The molecule has 6 nitrogen and oxygen atoms in total. The van der Waals surface area contributed by atoms with E-state index in [1.165, 1.54) is 4.68 Å². The maximum Gasteiger partial charge on any atom is 0.357 e. The van der Waals surface area contributed by atoms with Gasteiger partial charge in [0.15, 0.2) is 12.3 Å². The number of carbonyl (C=O) groups excluding carboxylic acids is 2. The normalized spacial score (nSPS) is 10.5. The molecule has 0 atom stereocenters. The van der Waals surface area contributed by atoms with Gasteiger partial charge in [0, 0.05) is 17.1 Å². The molecule has 1 aromatic heterocycles. The molecule has 0 spiro atoms. The van der Waals surface area contributed by atoms with Gasteiger partial charge in [-0.25, -0.2) is 9.48 Å². The largest absolute Gasteiger partial charge is 0.451 e. The lowest BCUT2D eigenvalue weighted by Crippen LogP contribution is -2.28. The van der Waals surface area contributed by atoms with Crippen LogP contribution in [0.2, 0.25) is 5.02 Å². The SMILES string of the molecule is O=C(COC(=O)c1cc(-c2ccccc2)nn1-c1ccccc1)NCc1ccc(Cl)cc1. The zero-order chi connectivity index (χ0) is 22.3. The van der Waals surface area contributed by atoms with Crippen LogP contribution in [0, 0.1) is 0 Å². The van der Waals surface area contributed by atoms with E-state index in [0.29, 0.717) is 22.9 Å². The third-order valence-electron chi connectivity index (χ3n) is 4.73. The summed E-state index contributed by atoms with van der Waals surface area (Å²) >= 11 is 5.86. The summed E-state index contributed by atoms with van der Waals surface area (Å²) in [5.41, 5.74) is 3.35. The highest BCUT2D eigenvalue weighted by Gasteiger charge is 2.20. The van der Waals surface area contributed by atoms with Crippen molar-refractivity contribution in [1.82, 2.24) is 15.1 Å². The molecule has 0 aliphatic carbocycles. The van der Waals surface area contributed by atoms with Crippen molar-refractivity contribution in [3.63, 3.8) is 0 Å². The fourth-order valence-electron chi connectivity index (χ4n) is 3.10. The van der Waals surface area contributed by atoms with Crippen molar-refractivity contribution in [2.45, 2.75) is 6.54 Å². The zero-order valence-electron chi connectivity index (χ0n) is 17.1. The molecular weight excluding hydrogens is 426 g/mol. The molecule has 7 heteroatoms. The molecule has 0 aliphatic rings. The standard InChI is InChI=1S/C25H20ClN3O3/c26-20-13-11-18(12-14-20)16-27-24(30)17-32-25(31)23-15-22(19-7-3-1-4-8-19)28-29(23)21-9-5-2-6-10-21/h1-15H,16-17H2,(H,27,30). The van der Waals surface area contributed by atoms with Crippen LogP contribution in [0.15, 0.2) is 91.0 Å².